The van der Waals surface area contributed by atoms with Crippen LogP contribution in [0.3, 0.4) is 0 Å². The Balaban J connectivity index is 1.73. The molecular weight excluding hydrogens is 252 g/mol. The summed E-state index contributed by atoms with van der Waals surface area (Å²) in [7, 11) is 0. The Bertz CT molecular complexity index is 480. The van der Waals surface area contributed by atoms with Crippen LogP contribution < -0.4 is 10.9 Å². The van der Waals surface area contributed by atoms with Crippen LogP contribution in [0.2, 0.25) is 5.02 Å². The van der Waals surface area contributed by atoms with Crippen molar-refractivity contribution in [3.8, 4) is 0 Å². The smallest absolute Gasteiger partial charge is 0.250 e. The monoisotopic (exact) mass is 268 g/mol. The highest BCUT2D eigenvalue weighted by atomic mass is 35.5. The van der Waals surface area contributed by atoms with Gasteiger partial charge in [-0.2, -0.15) is 0 Å². The maximum Gasteiger partial charge on any atom is 0.250 e. The van der Waals surface area contributed by atoms with Gasteiger partial charge in [-0.15, -0.1) is 0 Å². The van der Waals surface area contributed by atoms with Crippen LogP contribution in [0.1, 0.15) is 25.7 Å². The summed E-state index contributed by atoms with van der Waals surface area (Å²) in [6, 6.07) is 3.04. The van der Waals surface area contributed by atoms with E-state index in [0.29, 0.717) is 18.1 Å². The van der Waals surface area contributed by atoms with Crippen LogP contribution >= 0.6 is 11.6 Å². The van der Waals surface area contributed by atoms with Crippen LogP contribution in [-0.2, 0) is 11.3 Å². The molecule has 5 heteroatoms. The van der Waals surface area contributed by atoms with Crippen molar-refractivity contribution in [2.75, 3.05) is 6.54 Å². The number of hydrogen-bond acceptors (Lipinski definition) is 2. The van der Waals surface area contributed by atoms with E-state index in [1.54, 1.807) is 16.8 Å². The summed E-state index contributed by atoms with van der Waals surface area (Å²) < 4.78 is 1.57. The second kappa shape index (κ2) is 6.05. The summed E-state index contributed by atoms with van der Waals surface area (Å²) in [5, 5.41) is 3.45. The van der Waals surface area contributed by atoms with E-state index in [9.17, 15) is 9.59 Å². The van der Waals surface area contributed by atoms with Crippen LogP contribution in [0.25, 0.3) is 0 Å². The fourth-order valence-electron chi connectivity index (χ4n) is 1.95. The predicted octanol–water partition coefficient (Wildman–Crippen LogP) is 1.81. The van der Waals surface area contributed by atoms with Crippen LogP contribution in [0.4, 0.5) is 0 Å². The summed E-state index contributed by atoms with van der Waals surface area (Å²) >= 11 is 5.82. The lowest BCUT2D eigenvalue weighted by atomic mass is 9.85. The van der Waals surface area contributed by atoms with Gasteiger partial charge in [0.2, 0.25) is 5.91 Å². The summed E-state index contributed by atoms with van der Waals surface area (Å²) in [6.45, 7) is 1.18. The van der Waals surface area contributed by atoms with Gasteiger partial charge in [0, 0.05) is 31.3 Å². The molecule has 0 saturated heterocycles. The highest BCUT2D eigenvalue weighted by Gasteiger charge is 2.24. The number of carbonyl (C=O) groups excluding carboxylic acids is 1. The molecule has 0 radical (unpaired) electrons. The van der Waals surface area contributed by atoms with Crippen molar-refractivity contribution in [3.63, 3.8) is 0 Å². The third-order valence-corrected chi connectivity index (χ3v) is 3.52. The van der Waals surface area contributed by atoms with Gasteiger partial charge in [0.15, 0.2) is 0 Å². The van der Waals surface area contributed by atoms with Gasteiger partial charge in [-0.25, -0.2) is 0 Å². The molecule has 1 saturated carbocycles. The van der Waals surface area contributed by atoms with Gasteiger partial charge in [-0.05, 0) is 25.3 Å². The molecule has 0 unspecified atom stereocenters. The predicted molar refractivity (Wildman–Crippen MR) is 70.7 cm³/mol. The number of nitrogens with one attached hydrogen (secondary N) is 1. The number of amides is 1. The first-order chi connectivity index (χ1) is 8.66. The topological polar surface area (TPSA) is 51.1 Å². The normalized spacial score (nSPS) is 15.2. The van der Waals surface area contributed by atoms with Gasteiger partial charge in [0.25, 0.3) is 5.56 Å². The standard InChI is InChI=1S/C13H17ClN2O2/c14-11-5-6-12(17)16(9-11)8-2-7-15-13(18)10-3-1-4-10/h5-6,9-10H,1-4,7-8H2,(H,15,18). The Labute approximate surface area is 111 Å². The molecule has 4 nitrogen and oxygen atoms in total. The van der Waals surface area contributed by atoms with E-state index in [-0.39, 0.29) is 17.4 Å². The molecule has 0 aliphatic heterocycles. The average Bonchev–Trinajstić information content (AvgIpc) is 2.26. The number of rotatable bonds is 5. The molecule has 0 spiro atoms. The van der Waals surface area contributed by atoms with E-state index in [4.69, 9.17) is 11.6 Å². The summed E-state index contributed by atoms with van der Waals surface area (Å²) in [5.74, 6) is 0.374. The first-order valence-electron chi connectivity index (χ1n) is 6.30. The van der Waals surface area contributed by atoms with E-state index >= 15 is 0 Å². The van der Waals surface area contributed by atoms with E-state index in [2.05, 4.69) is 5.32 Å². The zero-order valence-corrected chi connectivity index (χ0v) is 10.9. The third kappa shape index (κ3) is 3.35. The van der Waals surface area contributed by atoms with E-state index in [0.717, 1.165) is 25.7 Å². The minimum atomic E-state index is -0.0651. The van der Waals surface area contributed by atoms with Crippen molar-refractivity contribution in [2.24, 2.45) is 5.92 Å². The van der Waals surface area contributed by atoms with Gasteiger partial charge in [0.05, 0.1) is 5.02 Å². The molecule has 2 rings (SSSR count). The Morgan fingerprint density at radius 2 is 2.22 bits per heavy atom. The van der Waals surface area contributed by atoms with E-state index in [1.165, 1.54) is 6.07 Å². The lowest BCUT2D eigenvalue weighted by Gasteiger charge is -2.24. The zero-order chi connectivity index (χ0) is 13.0. The Morgan fingerprint density at radius 3 is 2.89 bits per heavy atom. The van der Waals surface area contributed by atoms with Crippen molar-refractivity contribution in [2.45, 2.75) is 32.2 Å². The molecule has 1 aliphatic carbocycles. The number of hydrogen-bond donors (Lipinski definition) is 1. The lowest BCUT2D eigenvalue weighted by molar-refractivity contribution is -0.127. The largest absolute Gasteiger partial charge is 0.356 e. The molecule has 1 aromatic rings. The maximum atomic E-state index is 11.6. The second-order valence-electron chi connectivity index (χ2n) is 4.65. The SMILES string of the molecule is O=C(NCCCn1cc(Cl)ccc1=O)C1CCC1. The third-order valence-electron chi connectivity index (χ3n) is 3.30. The summed E-state index contributed by atoms with van der Waals surface area (Å²) in [6.07, 6.45) is 5.55. The molecule has 1 heterocycles. The molecule has 1 fully saturated rings. The van der Waals surface area contributed by atoms with E-state index < -0.39 is 0 Å². The molecule has 0 aromatic carbocycles. The van der Waals surface area contributed by atoms with Crippen molar-refractivity contribution >= 4 is 17.5 Å². The number of carbonyl (C=O) groups is 1. The fraction of sp³-hybridized carbons (Fsp3) is 0.538. The molecule has 1 aliphatic rings. The van der Waals surface area contributed by atoms with Crippen molar-refractivity contribution in [3.05, 3.63) is 33.7 Å². The number of aromatic nitrogens is 1. The van der Waals surface area contributed by atoms with Crippen LogP contribution in [0.5, 0.6) is 0 Å². The molecule has 0 bridgehead atoms. The van der Waals surface area contributed by atoms with Crippen molar-refractivity contribution in [1.82, 2.24) is 9.88 Å². The maximum absolute atomic E-state index is 11.6. The number of pyridine rings is 1. The van der Waals surface area contributed by atoms with Gasteiger partial charge in [-0.1, -0.05) is 18.0 Å². The van der Waals surface area contributed by atoms with Crippen LogP contribution in [-0.4, -0.2) is 17.0 Å². The van der Waals surface area contributed by atoms with Gasteiger partial charge < -0.3 is 9.88 Å². The zero-order valence-electron chi connectivity index (χ0n) is 10.2. The van der Waals surface area contributed by atoms with Crippen LogP contribution in [0, 0.1) is 5.92 Å². The van der Waals surface area contributed by atoms with Gasteiger partial charge in [-0.3, -0.25) is 9.59 Å². The second-order valence-corrected chi connectivity index (χ2v) is 5.09. The summed E-state index contributed by atoms with van der Waals surface area (Å²) in [5.41, 5.74) is -0.0651. The first kappa shape index (κ1) is 13.1. The molecule has 1 amide bonds. The summed E-state index contributed by atoms with van der Waals surface area (Å²) in [4.78, 5) is 23.0. The van der Waals surface area contributed by atoms with E-state index in [1.807, 2.05) is 0 Å². The van der Waals surface area contributed by atoms with Crippen LogP contribution in [0.15, 0.2) is 23.1 Å². The number of aryl methyl sites for hydroxylation is 1. The molecule has 1 N–H and O–H groups in total. The van der Waals surface area contributed by atoms with Gasteiger partial charge >= 0.3 is 0 Å². The Kier molecular flexibility index (Phi) is 4.42. The number of halogens is 1. The molecule has 18 heavy (non-hydrogen) atoms. The minimum absolute atomic E-state index is 0.0651. The molecule has 98 valence electrons. The molecule has 1 aromatic heterocycles. The fourth-order valence-corrected chi connectivity index (χ4v) is 2.13. The Morgan fingerprint density at radius 1 is 1.44 bits per heavy atom. The average molecular weight is 269 g/mol. The highest BCUT2D eigenvalue weighted by Crippen LogP contribution is 2.25. The highest BCUT2D eigenvalue weighted by molar-refractivity contribution is 6.30. The van der Waals surface area contributed by atoms with Crippen molar-refractivity contribution < 1.29 is 4.79 Å². The minimum Gasteiger partial charge on any atom is -0.356 e. The lowest BCUT2D eigenvalue weighted by Crippen LogP contribution is -2.35. The molecule has 0 atom stereocenters. The molecular formula is C13H17ClN2O2. The Hall–Kier alpha value is -1.29. The quantitative estimate of drug-likeness (QED) is 0.828. The first-order valence-corrected chi connectivity index (χ1v) is 6.68. The number of nitrogens with zero attached hydrogens (tertiary/aromatic N) is 1. The van der Waals surface area contributed by atoms with Crippen molar-refractivity contribution in [1.29, 1.82) is 0 Å². The van der Waals surface area contributed by atoms with Gasteiger partial charge in [0.1, 0.15) is 0 Å².